The summed E-state index contributed by atoms with van der Waals surface area (Å²) in [6.07, 6.45) is 0.985. The molecule has 0 bridgehead atoms. The Morgan fingerprint density at radius 1 is 1.15 bits per heavy atom. The van der Waals surface area contributed by atoms with Gasteiger partial charge in [0.05, 0.1) is 20.8 Å². The Balaban J connectivity index is 2.46. The number of benzene rings is 1. The largest absolute Gasteiger partial charge is 0.497 e. The molecule has 5 nitrogen and oxygen atoms in total. The molecule has 1 aromatic rings. The molecule has 0 radical (unpaired) electrons. The third kappa shape index (κ3) is 5.82. The minimum Gasteiger partial charge on any atom is -0.497 e. The van der Waals surface area contributed by atoms with Gasteiger partial charge < -0.3 is 20.1 Å². The maximum Gasteiger partial charge on any atom is 0.239 e. The average Bonchev–Trinajstić information content (AvgIpc) is 2.44. The number of anilines is 1. The van der Waals surface area contributed by atoms with Crippen molar-refractivity contribution in [2.45, 2.75) is 20.3 Å². The normalized spacial score (nSPS) is 10.2. The third-order valence-electron chi connectivity index (χ3n) is 2.85. The smallest absolute Gasteiger partial charge is 0.239 e. The molecule has 0 spiro atoms. The highest BCUT2D eigenvalue weighted by Crippen LogP contribution is 2.25. The molecule has 1 amide bonds. The average molecular weight is 280 g/mol. The molecule has 0 saturated carbocycles. The summed E-state index contributed by atoms with van der Waals surface area (Å²) in [5, 5.41) is 5.94. The van der Waals surface area contributed by atoms with E-state index in [4.69, 9.17) is 9.47 Å². The van der Waals surface area contributed by atoms with E-state index < -0.39 is 0 Å². The van der Waals surface area contributed by atoms with Gasteiger partial charge in [-0.25, -0.2) is 0 Å². The van der Waals surface area contributed by atoms with Crippen LogP contribution in [0.2, 0.25) is 0 Å². The summed E-state index contributed by atoms with van der Waals surface area (Å²) in [6, 6.07) is 5.43. The topological polar surface area (TPSA) is 59.6 Å². The first-order chi connectivity index (χ1) is 9.55. The minimum atomic E-state index is -0.0209. The van der Waals surface area contributed by atoms with Gasteiger partial charge in [-0.15, -0.1) is 0 Å². The van der Waals surface area contributed by atoms with E-state index in [0.717, 1.165) is 12.1 Å². The molecule has 1 aromatic carbocycles. The van der Waals surface area contributed by atoms with Gasteiger partial charge in [0.1, 0.15) is 11.5 Å². The van der Waals surface area contributed by atoms with Crippen LogP contribution in [0.4, 0.5) is 5.69 Å². The maximum atomic E-state index is 11.7. The molecule has 0 unspecified atom stereocenters. The fourth-order valence-corrected chi connectivity index (χ4v) is 1.65. The first-order valence-electron chi connectivity index (χ1n) is 6.78. The van der Waals surface area contributed by atoms with Gasteiger partial charge in [-0.1, -0.05) is 13.8 Å². The molecule has 0 atom stereocenters. The van der Waals surface area contributed by atoms with Crippen molar-refractivity contribution in [3.63, 3.8) is 0 Å². The molecule has 2 N–H and O–H groups in total. The van der Waals surface area contributed by atoms with E-state index in [0.29, 0.717) is 24.0 Å². The number of carbonyl (C=O) groups excluding carboxylic acids is 1. The fraction of sp³-hybridized carbons (Fsp3) is 0.533. The number of amides is 1. The standard InChI is InChI=1S/C15H24N2O3/c1-11(2)5-6-16-15(18)10-17-12-7-13(19-3)9-14(8-12)20-4/h7-9,11,17H,5-6,10H2,1-4H3,(H,16,18). The molecule has 0 heterocycles. The molecule has 0 aliphatic rings. The van der Waals surface area contributed by atoms with Crippen LogP contribution >= 0.6 is 0 Å². The van der Waals surface area contributed by atoms with Gasteiger partial charge in [0.25, 0.3) is 0 Å². The zero-order valence-corrected chi connectivity index (χ0v) is 12.7. The number of rotatable bonds is 8. The monoisotopic (exact) mass is 280 g/mol. The van der Waals surface area contributed by atoms with Crippen LogP contribution in [0.25, 0.3) is 0 Å². The molecule has 0 aliphatic heterocycles. The van der Waals surface area contributed by atoms with Crippen molar-refractivity contribution in [2.24, 2.45) is 5.92 Å². The highest BCUT2D eigenvalue weighted by molar-refractivity contribution is 5.80. The Kier molecular flexibility index (Phi) is 6.70. The van der Waals surface area contributed by atoms with E-state index in [1.807, 2.05) is 12.1 Å². The first kappa shape index (κ1) is 16.1. The van der Waals surface area contributed by atoms with Crippen molar-refractivity contribution in [3.05, 3.63) is 18.2 Å². The van der Waals surface area contributed by atoms with Crippen LogP contribution < -0.4 is 20.1 Å². The van der Waals surface area contributed by atoms with Crippen molar-refractivity contribution in [1.29, 1.82) is 0 Å². The molecule has 0 aromatic heterocycles. The van der Waals surface area contributed by atoms with Crippen LogP contribution in [-0.4, -0.2) is 33.2 Å². The molecule has 112 valence electrons. The van der Waals surface area contributed by atoms with E-state index in [9.17, 15) is 4.79 Å². The van der Waals surface area contributed by atoms with Gasteiger partial charge in [-0.2, -0.15) is 0 Å². The molecule has 1 rings (SSSR count). The molecule has 0 fully saturated rings. The maximum absolute atomic E-state index is 11.7. The summed E-state index contributed by atoms with van der Waals surface area (Å²) in [6.45, 7) is 5.20. The summed E-state index contributed by atoms with van der Waals surface area (Å²) in [4.78, 5) is 11.7. The summed E-state index contributed by atoms with van der Waals surface area (Å²) >= 11 is 0. The highest BCUT2D eigenvalue weighted by Gasteiger charge is 2.04. The van der Waals surface area contributed by atoms with Crippen molar-refractivity contribution in [3.8, 4) is 11.5 Å². The van der Waals surface area contributed by atoms with Crippen molar-refractivity contribution >= 4 is 11.6 Å². The van der Waals surface area contributed by atoms with Crippen molar-refractivity contribution in [1.82, 2.24) is 5.32 Å². The van der Waals surface area contributed by atoms with E-state index >= 15 is 0 Å². The van der Waals surface area contributed by atoms with Crippen molar-refractivity contribution in [2.75, 3.05) is 32.6 Å². The summed E-state index contributed by atoms with van der Waals surface area (Å²) in [7, 11) is 3.19. The van der Waals surface area contributed by atoms with Gasteiger partial charge in [-0.05, 0) is 12.3 Å². The minimum absolute atomic E-state index is 0.0209. The van der Waals surface area contributed by atoms with E-state index in [-0.39, 0.29) is 12.5 Å². The van der Waals surface area contributed by atoms with Crippen LogP contribution in [0.15, 0.2) is 18.2 Å². The van der Waals surface area contributed by atoms with Crippen LogP contribution in [0.1, 0.15) is 20.3 Å². The number of ether oxygens (including phenoxy) is 2. The second-order valence-corrected chi connectivity index (χ2v) is 4.99. The number of hydrogen-bond acceptors (Lipinski definition) is 4. The zero-order valence-electron chi connectivity index (χ0n) is 12.7. The quantitative estimate of drug-likeness (QED) is 0.767. The Morgan fingerprint density at radius 3 is 2.25 bits per heavy atom. The van der Waals surface area contributed by atoms with E-state index in [2.05, 4.69) is 24.5 Å². The molecular weight excluding hydrogens is 256 g/mol. The van der Waals surface area contributed by atoms with Crippen LogP contribution in [0.3, 0.4) is 0 Å². The van der Waals surface area contributed by atoms with E-state index in [1.165, 1.54) is 0 Å². The van der Waals surface area contributed by atoms with Gasteiger partial charge >= 0.3 is 0 Å². The lowest BCUT2D eigenvalue weighted by Crippen LogP contribution is -2.31. The van der Waals surface area contributed by atoms with Crippen LogP contribution in [0.5, 0.6) is 11.5 Å². The molecule has 0 aliphatic carbocycles. The Bertz CT molecular complexity index is 411. The molecule has 20 heavy (non-hydrogen) atoms. The number of carbonyl (C=O) groups is 1. The van der Waals surface area contributed by atoms with Gasteiger partial charge in [0, 0.05) is 30.4 Å². The van der Waals surface area contributed by atoms with Gasteiger partial charge in [-0.3, -0.25) is 4.79 Å². The van der Waals surface area contributed by atoms with Gasteiger partial charge in [0.2, 0.25) is 5.91 Å². The summed E-state index contributed by atoms with van der Waals surface area (Å²) in [5.41, 5.74) is 0.792. The lowest BCUT2D eigenvalue weighted by Gasteiger charge is -2.11. The Labute approximate surface area is 120 Å². The number of nitrogens with one attached hydrogen (secondary N) is 2. The summed E-state index contributed by atoms with van der Waals surface area (Å²) in [5.74, 6) is 1.94. The predicted octanol–water partition coefficient (Wildman–Crippen LogP) is 2.28. The first-order valence-corrected chi connectivity index (χ1v) is 6.78. The SMILES string of the molecule is COc1cc(NCC(=O)NCCC(C)C)cc(OC)c1. The third-order valence-corrected chi connectivity index (χ3v) is 2.85. The molecular formula is C15H24N2O3. The van der Waals surface area contributed by atoms with Gasteiger partial charge in [0.15, 0.2) is 0 Å². The zero-order chi connectivity index (χ0) is 15.0. The fourth-order valence-electron chi connectivity index (χ4n) is 1.65. The summed E-state index contributed by atoms with van der Waals surface area (Å²) < 4.78 is 10.3. The van der Waals surface area contributed by atoms with E-state index in [1.54, 1.807) is 20.3 Å². The van der Waals surface area contributed by atoms with Crippen LogP contribution in [0, 0.1) is 5.92 Å². The molecule has 5 heteroatoms. The van der Waals surface area contributed by atoms with Crippen LogP contribution in [-0.2, 0) is 4.79 Å². The molecule has 0 saturated heterocycles. The Hall–Kier alpha value is -1.91. The Morgan fingerprint density at radius 2 is 1.75 bits per heavy atom. The predicted molar refractivity (Wildman–Crippen MR) is 80.5 cm³/mol. The second kappa shape index (κ2) is 8.30. The lowest BCUT2D eigenvalue weighted by molar-refractivity contribution is -0.119. The van der Waals surface area contributed by atoms with Crippen molar-refractivity contribution < 1.29 is 14.3 Å². The number of methoxy groups -OCH3 is 2. The highest BCUT2D eigenvalue weighted by atomic mass is 16.5. The second-order valence-electron chi connectivity index (χ2n) is 4.99. The lowest BCUT2D eigenvalue weighted by atomic mass is 10.1. The number of hydrogen-bond donors (Lipinski definition) is 2.